The Morgan fingerprint density at radius 2 is 1.86 bits per heavy atom. The van der Waals surface area contributed by atoms with E-state index in [2.05, 4.69) is 4.98 Å². The second-order valence-corrected chi connectivity index (χ2v) is 5.41. The predicted molar refractivity (Wildman–Crippen MR) is 82.0 cm³/mol. The fourth-order valence-corrected chi connectivity index (χ4v) is 2.37. The molecular formula is C17H14ClFN2. The van der Waals surface area contributed by atoms with Gasteiger partial charge in [-0.25, -0.2) is 9.37 Å². The second kappa shape index (κ2) is 6.10. The van der Waals surface area contributed by atoms with E-state index in [1.807, 2.05) is 41.1 Å². The fraction of sp³-hybridized carbons (Fsp3) is 0.118. The van der Waals surface area contributed by atoms with E-state index in [0.717, 1.165) is 28.4 Å². The van der Waals surface area contributed by atoms with Gasteiger partial charge in [-0.05, 0) is 35.4 Å². The summed E-state index contributed by atoms with van der Waals surface area (Å²) in [5.41, 5.74) is 3.01. The van der Waals surface area contributed by atoms with Crippen LogP contribution in [-0.2, 0) is 13.0 Å². The van der Waals surface area contributed by atoms with Gasteiger partial charge in [0.2, 0.25) is 0 Å². The maximum absolute atomic E-state index is 13.2. The van der Waals surface area contributed by atoms with Crippen LogP contribution in [0.3, 0.4) is 0 Å². The molecule has 0 bridgehead atoms. The lowest BCUT2D eigenvalue weighted by Crippen LogP contribution is -1.96. The van der Waals surface area contributed by atoms with Gasteiger partial charge in [-0.3, -0.25) is 0 Å². The van der Waals surface area contributed by atoms with Crippen molar-refractivity contribution in [1.29, 1.82) is 0 Å². The fourth-order valence-electron chi connectivity index (χ4n) is 2.24. The third-order valence-corrected chi connectivity index (χ3v) is 3.49. The predicted octanol–water partition coefficient (Wildman–Crippen LogP) is 4.31. The highest BCUT2D eigenvalue weighted by Crippen LogP contribution is 2.13. The van der Waals surface area contributed by atoms with Gasteiger partial charge in [0.1, 0.15) is 5.82 Å². The second-order valence-electron chi connectivity index (χ2n) is 4.97. The van der Waals surface area contributed by atoms with Gasteiger partial charge in [0.25, 0.3) is 0 Å². The topological polar surface area (TPSA) is 17.8 Å². The average molecular weight is 301 g/mol. The summed E-state index contributed by atoms with van der Waals surface area (Å²) in [5.74, 6) is -0.215. The minimum absolute atomic E-state index is 0.215. The highest BCUT2D eigenvalue weighted by molar-refractivity contribution is 6.30. The van der Waals surface area contributed by atoms with Gasteiger partial charge in [-0.1, -0.05) is 35.9 Å². The summed E-state index contributed by atoms with van der Waals surface area (Å²) in [5, 5.41) is 0.733. The van der Waals surface area contributed by atoms with Crippen LogP contribution in [0.1, 0.15) is 16.8 Å². The molecule has 0 saturated heterocycles. The highest BCUT2D eigenvalue weighted by Gasteiger charge is 2.03. The van der Waals surface area contributed by atoms with Crippen molar-refractivity contribution in [2.75, 3.05) is 0 Å². The van der Waals surface area contributed by atoms with Crippen LogP contribution in [-0.4, -0.2) is 9.55 Å². The lowest BCUT2D eigenvalue weighted by atomic mass is 10.1. The van der Waals surface area contributed by atoms with E-state index in [4.69, 9.17) is 11.6 Å². The molecule has 0 unspecified atom stereocenters. The third kappa shape index (κ3) is 3.70. The quantitative estimate of drug-likeness (QED) is 0.702. The lowest BCUT2D eigenvalue weighted by Gasteiger charge is -2.02. The van der Waals surface area contributed by atoms with Crippen LogP contribution < -0.4 is 0 Å². The molecule has 0 aliphatic rings. The van der Waals surface area contributed by atoms with E-state index in [0.29, 0.717) is 6.42 Å². The molecule has 4 heteroatoms. The minimum atomic E-state index is -0.215. The molecule has 0 amide bonds. The van der Waals surface area contributed by atoms with Crippen molar-refractivity contribution in [2.24, 2.45) is 0 Å². The van der Waals surface area contributed by atoms with Crippen LogP contribution in [0.4, 0.5) is 4.39 Å². The molecule has 3 rings (SSSR count). The van der Waals surface area contributed by atoms with E-state index in [-0.39, 0.29) is 5.82 Å². The van der Waals surface area contributed by atoms with E-state index in [9.17, 15) is 4.39 Å². The van der Waals surface area contributed by atoms with Crippen LogP contribution in [0.5, 0.6) is 0 Å². The number of benzene rings is 2. The van der Waals surface area contributed by atoms with Crippen molar-refractivity contribution in [3.05, 3.63) is 88.7 Å². The normalized spacial score (nSPS) is 10.8. The van der Waals surface area contributed by atoms with Crippen LogP contribution in [0.2, 0.25) is 5.02 Å². The van der Waals surface area contributed by atoms with Crippen molar-refractivity contribution in [3.8, 4) is 0 Å². The zero-order chi connectivity index (χ0) is 14.7. The van der Waals surface area contributed by atoms with Crippen molar-refractivity contribution in [3.63, 3.8) is 0 Å². The summed E-state index contributed by atoms with van der Waals surface area (Å²) in [6.45, 7) is 0.743. The molecular weight excluding hydrogens is 287 g/mol. The first-order chi connectivity index (χ1) is 10.2. The van der Waals surface area contributed by atoms with Gasteiger partial charge >= 0.3 is 0 Å². The first kappa shape index (κ1) is 13.8. The number of halogens is 2. The molecule has 2 nitrogen and oxygen atoms in total. The number of rotatable bonds is 4. The van der Waals surface area contributed by atoms with Gasteiger partial charge in [-0.15, -0.1) is 0 Å². The number of nitrogens with zero attached hydrogens (tertiary/aromatic N) is 2. The SMILES string of the molecule is Fc1cccc(Cc2cn(Cc3ccc(Cl)cc3)cn2)c1. The van der Waals surface area contributed by atoms with Crippen molar-refractivity contribution < 1.29 is 4.39 Å². The molecule has 0 fully saturated rings. The smallest absolute Gasteiger partial charge is 0.123 e. The standard InChI is InChI=1S/C17H14ClFN2/c18-15-6-4-13(5-7-15)10-21-11-17(20-12-21)9-14-2-1-3-16(19)8-14/h1-8,11-12H,9-10H2. The molecule has 1 aromatic heterocycles. The van der Waals surface area contributed by atoms with Crippen LogP contribution in [0.15, 0.2) is 61.1 Å². The Kier molecular flexibility index (Phi) is 4.02. The van der Waals surface area contributed by atoms with E-state index in [1.54, 1.807) is 12.4 Å². The van der Waals surface area contributed by atoms with Gasteiger partial charge in [0, 0.05) is 24.2 Å². The number of hydrogen-bond acceptors (Lipinski definition) is 1. The maximum Gasteiger partial charge on any atom is 0.123 e. The highest BCUT2D eigenvalue weighted by atomic mass is 35.5. The largest absolute Gasteiger partial charge is 0.333 e. The number of hydrogen-bond donors (Lipinski definition) is 0. The van der Waals surface area contributed by atoms with Gasteiger partial charge in [-0.2, -0.15) is 0 Å². The lowest BCUT2D eigenvalue weighted by molar-refractivity contribution is 0.626. The minimum Gasteiger partial charge on any atom is -0.333 e. The molecule has 0 radical (unpaired) electrons. The first-order valence-corrected chi connectivity index (χ1v) is 7.06. The Labute approximate surface area is 127 Å². The molecule has 106 valence electrons. The van der Waals surface area contributed by atoms with Gasteiger partial charge < -0.3 is 4.57 Å². The molecule has 0 saturated carbocycles. The van der Waals surface area contributed by atoms with Gasteiger partial charge in [0.05, 0.1) is 12.0 Å². The summed E-state index contributed by atoms with van der Waals surface area (Å²) in [6.07, 6.45) is 4.41. The zero-order valence-electron chi connectivity index (χ0n) is 11.3. The van der Waals surface area contributed by atoms with Crippen LogP contribution in [0.25, 0.3) is 0 Å². The van der Waals surface area contributed by atoms with Gasteiger partial charge in [0.15, 0.2) is 0 Å². The van der Waals surface area contributed by atoms with E-state index < -0.39 is 0 Å². The molecule has 0 spiro atoms. The van der Waals surface area contributed by atoms with E-state index in [1.165, 1.54) is 12.1 Å². The monoisotopic (exact) mass is 300 g/mol. The molecule has 0 aliphatic heterocycles. The molecule has 2 aromatic carbocycles. The van der Waals surface area contributed by atoms with E-state index >= 15 is 0 Å². The molecule has 3 aromatic rings. The molecule has 21 heavy (non-hydrogen) atoms. The Bertz CT molecular complexity index is 735. The summed E-state index contributed by atoms with van der Waals surface area (Å²) in [4.78, 5) is 4.37. The molecule has 0 N–H and O–H groups in total. The van der Waals surface area contributed by atoms with Crippen LogP contribution in [0, 0.1) is 5.82 Å². The number of aromatic nitrogens is 2. The average Bonchev–Trinajstić information content (AvgIpc) is 2.89. The summed E-state index contributed by atoms with van der Waals surface area (Å²) < 4.78 is 15.2. The first-order valence-electron chi connectivity index (χ1n) is 6.68. The summed E-state index contributed by atoms with van der Waals surface area (Å²) in [6, 6.07) is 14.4. The number of imidazole rings is 1. The Balaban J connectivity index is 1.70. The Morgan fingerprint density at radius 3 is 2.62 bits per heavy atom. The summed E-state index contributed by atoms with van der Waals surface area (Å²) in [7, 11) is 0. The molecule has 1 heterocycles. The van der Waals surface area contributed by atoms with Crippen molar-refractivity contribution >= 4 is 11.6 Å². The maximum atomic E-state index is 13.2. The summed E-state index contributed by atoms with van der Waals surface area (Å²) >= 11 is 5.87. The van der Waals surface area contributed by atoms with Crippen LogP contribution >= 0.6 is 11.6 Å². The third-order valence-electron chi connectivity index (χ3n) is 3.24. The van der Waals surface area contributed by atoms with Crippen molar-refractivity contribution in [2.45, 2.75) is 13.0 Å². The Morgan fingerprint density at radius 1 is 1.05 bits per heavy atom. The van der Waals surface area contributed by atoms with Crippen molar-refractivity contribution in [1.82, 2.24) is 9.55 Å². The molecule has 0 aliphatic carbocycles. The molecule has 0 atom stereocenters. The zero-order valence-corrected chi connectivity index (χ0v) is 12.1. The Hall–Kier alpha value is -2.13.